The van der Waals surface area contributed by atoms with E-state index in [2.05, 4.69) is 10.2 Å². The zero-order chi connectivity index (χ0) is 15.9. The van der Waals surface area contributed by atoms with Crippen LogP contribution in [0.5, 0.6) is 0 Å². The van der Waals surface area contributed by atoms with Crippen LogP contribution in [0.3, 0.4) is 0 Å². The van der Waals surface area contributed by atoms with E-state index in [4.69, 9.17) is 11.6 Å². The number of alkyl halides is 3. The number of aromatic nitrogens is 3. The minimum absolute atomic E-state index is 0.0900. The molecule has 0 bridgehead atoms. The van der Waals surface area contributed by atoms with Gasteiger partial charge in [0.05, 0.1) is 12.1 Å². The Labute approximate surface area is 128 Å². The van der Waals surface area contributed by atoms with Gasteiger partial charge in [0.2, 0.25) is 0 Å². The molecule has 5 nitrogen and oxygen atoms in total. The molecule has 2 heterocycles. The summed E-state index contributed by atoms with van der Waals surface area (Å²) in [4.78, 5) is 13.8. The number of benzene rings is 1. The molecule has 1 aliphatic rings. The Morgan fingerprint density at radius 1 is 1.23 bits per heavy atom. The van der Waals surface area contributed by atoms with Crippen molar-refractivity contribution in [1.82, 2.24) is 19.7 Å². The van der Waals surface area contributed by atoms with Gasteiger partial charge in [0, 0.05) is 23.7 Å². The van der Waals surface area contributed by atoms with Crippen molar-refractivity contribution >= 4 is 17.5 Å². The molecule has 1 amide bonds. The fraction of sp³-hybridized carbons (Fsp3) is 0.308. The van der Waals surface area contributed by atoms with E-state index in [1.54, 1.807) is 10.9 Å². The first-order valence-corrected chi connectivity index (χ1v) is 6.76. The van der Waals surface area contributed by atoms with Gasteiger partial charge in [-0.05, 0) is 18.2 Å². The number of hydrogen-bond acceptors (Lipinski definition) is 3. The van der Waals surface area contributed by atoms with Crippen LogP contribution in [0.2, 0.25) is 5.02 Å². The lowest BCUT2D eigenvalue weighted by molar-refractivity contribution is -0.137. The molecule has 1 aliphatic heterocycles. The average molecular weight is 331 g/mol. The van der Waals surface area contributed by atoms with Crippen LogP contribution in [0.4, 0.5) is 13.2 Å². The van der Waals surface area contributed by atoms with Crippen molar-refractivity contribution in [3.63, 3.8) is 0 Å². The highest BCUT2D eigenvalue weighted by Crippen LogP contribution is 2.32. The Morgan fingerprint density at radius 2 is 2.00 bits per heavy atom. The van der Waals surface area contributed by atoms with E-state index in [9.17, 15) is 18.0 Å². The van der Waals surface area contributed by atoms with E-state index in [-0.39, 0.29) is 17.1 Å². The minimum atomic E-state index is -4.55. The summed E-state index contributed by atoms with van der Waals surface area (Å²) >= 11 is 5.71. The summed E-state index contributed by atoms with van der Waals surface area (Å²) in [5.74, 6) is 0.0833. The maximum atomic E-state index is 12.8. The van der Waals surface area contributed by atoms with Crippen molar-refractivity contribution in [2.24, 2.45) is 0 Å². The van der Waals surface area contributed by atoms with E-state index < -0.39 is 17.6 Å². The number of hydrogen-bond donors (Lipinski definition) is 0. The van der Waals surface area contributed by atoms with Crippen LogP contribution in [0.25, 0.3) is 0 Å². The van der Waals surface area contributed by atoms with Gasteiger partial charge in [-0.1, -0.05) is 11.6 Å². The van der Waals surface area contributed by atoms with E-state index in [0.717, 1.165) is 12.1 Å². The zero-order valence-corrected chi connectivity index (χ0v) is 11.9. The number of fused-ring (bicyclic) bond motifs is 1. The molecule has 9 heteroatoms. The Balaban J connectivity index is 1.88. The predicted octanol–water partition coefficient (Wildman–Crippen LogP) is 2.61. The van der Waals surface area contributed by atoms with Crippen LogP contribution in [-0.4, -0.2) is 32.1 Å². The van der Waals surface area contributed by atoms with Crippen LogP contribution in [0.15, 0.2) is 24.5 Å². The number of halogens is 4. The van der Waals surface area contributed by atoms with Crippen LogP contribution < -0.4 is 0 Å². The molecule has 0 radical (unpaired) electrons. The molecular weight excluding hydrogens is 321 g/mol. The smallest absolute Gasteiger partial charge is 0.329 e. The van der Waals surface area contributed by atoms with Crippen LogP contribution in [-0.2, 0) is 19.3 Å². The molecule has 2 aromatic rings. The van der Waals surface area contributed by atoms with E-state index in [0.29, 0.717) is 18.9 Å². The molecule has 1 aromatic heterocycles. The van der Waals surface area contributed by atoms with Gasteiger partial charge in [-0.2, -0.15) is 13.2 Å². The van der Waals surface area contributed by atoms with Gasteiger partial charge in [-0.3, -0.25) is 4.79 Å². The first-order valence-electron chi connectivity index (χ1n) is 6.38. The number of carbonyl (C=O) groups is 1. The summed E-state index contributed by atoms with van der Waals surface area (Å²) in [7, 11) is 0. The molecule has 0 spiro atoms. The molecule has 0 saturated heterocycles. The third-order valence-corrected chi connectivity index (χ3v) is 3.62. The number of amides is 1. The van der Waals surface area contributed by atoms with Gasteiger partial charge in [0.1, 0.15) is 6.33 Å². The predicted molar refractivity (Wildman–Crippen MR) is 71.2 cm³/mol. The highest BCUT2D eigenvalue weighted by Gasteiger charge is 2.32. The highest BCUT2D eigenvalue weighted by molar-refractivity contribution is 6.31. The quantitative estimate of drug-likeness (QED) is 0.807. The molecule has 3 rings (SSSR count). The summed E-state index contributed by atoms with van der Waals surface area (Å²) in [6.45, 7) is 1.07. The minimum Gasteiger partial charge on any atom is -0.329 e. The van der Waals surface area contributed by atoms with E-state index in [1.807, 2.05) is 0 Å². The summed E-state index contributed by atoms with van der Waals surface area (Å²) in [6, 6.07) is 2.84. The molecule has 1 aromatic carbocycles. The Morgan fingerprint density at radius 3 is 2.73 bits per heavy atom. The first kappa shape index (κ1) is 14.8. The van der Waals surface area contributed by atoms with Crippen molar-refractivity contribution < 1.29 is 18.0 Å². The standard InChI is InChI=1S/C13H10ClF3N4O/c14-10-4-8(3-9(5-10)13(15,16)17)12(22)20-1-2-21-7-18-19-11(21)6-20/h3-5,7H,1-2,6H2. The molecule has 22 heavy (non-hydrogen) atoms. The van der Waals surface area contributed by atoms with Crippen LogP contribution >= 0.6 is 11.6 Å². The lowest BCUT2D eigenvalue weighted by Gasteiger charge is -2.27. The largest absolute Gasteiger partial charge is 0.416 e. The summed E-state index contributed by atoms with van der Waals surface area (Å²) in [5, 5.41) is 7.48. The molecule has 116 valence electrons. The monoisotopic (exact) mass is 330 g/mol. The van der Waals surface area contributed by atoms with Gasteiger partial charge in [0.15, 0.2) is 5.82 Å². The van der Waals surface area contributed by atoms with Crippen molar-refractivity contribution in [3.8, 4) is 0 Å². The lowest BCUT2D eigenvalue weighted by atomic mass is 10.1. The maximum Gasteiger partial charge on any atom is 0.416 e. The third kappa shape index (κ3) is 2.78. The number of nitrogens with zero attached hydrogens (tertiary/aromatic N) is 4. The molecule has 0 unspecified atom stereocenters. The number of rotatable bonds is 1. The maximum absolute atomic E-state index is 12.8. The Kier molecular flexibility index (Phi) is 3.56. The molecular formula is C13H10ClF3N4O. The molecule has 0 aliphatic carbocycles. The fourth-order valence-electron chi connectivity index (χ4n) is 2.30. The molecule has 0 saturated carbocycles. The van der Waals surface area contributed by atoms with Crippen molar-refractivity contribution in [1.29, 1.82) is 0 Å². The van der Waals surface area contributed by atoms with Crippen molar-refractivity contribution in [2.75, 3.05) is 6.54 Å². The first-order chi connectivity index (χ1) is 10.3. The molecule has 0 N–H and O–H groups in total. The van der Waals surface area contributed by atoms with Gasteiger partial charge in [0.25, 0.3) is 5.91 Å². The summed E-state index contributed by atoms with van der Waals surface area (Å²) in [6.07, 6.45) is -3.00. The van der Waals surface area contributed by atoms with Gasteiger partial charge in [-0.15, -0.1) is 10.2 Å². The summed E-state index contributed by atoms with van der Waals surface area (Å²) < 4.78 is 40.2. The number of carbonyl (C=O) groups excluding carboxylic acids is 1. The Hall–Kier alpha value is -2.09. The average Bonchev–Trinajstić information content (AvgIpc) is 2.92. The second-order valence-electron chi connectivity index (χ2n) is 4.89. The van der Waals surface area contributed by atoms with Crippen LogP contribution in [0, 0.1) is 0 Å². The fourth-order valence-corrected chi connectivity index (χ4v) is 2.53. The van der Waals surface area contributed by atoms with Gasteiger partial charge >= 0.3 is 6.18 Å². The molecule has 0 atom stereocenters. The van der Waals surface area contributed by atoms with Gasteiger partial charge < -0.3 is 9.47 Å². The normalized spacial score (nSPS) is 14.8. The van der Waals surface area contributed by atoms with E-state index in [1.165, 1.54) is 11.0 Å². The van der Waals surface area contributed by atoms with Crippen molar-refractivity contribution in [2.45, 2.75) is 19.3 Å². The van der Waals surface area contributed by atoms with Crippen LogP contribution in [0.1, 0.15) is 21.7 Å². The van der Waals surface area contributed by atoms with Crippen molar-refractivity contribution in [3.05, 3.63) is 46.5 Å². The third-order valence-electron chi connectivity index (χ3n) is 3.40. The topological polar surface area (TPSA) is 51.0 Å². The van der Waals surface area contributed by atoms with E-state index >= 15 is 0 Å². The second kappa shape index (κ2) is 5.28. The summed E-state index contributed by atoms with van der Waals surface area (Å²) in [5.41, 5.74) is -1.03. The molecule has 0 fully saturated rings. The second-order valence-corrected chi connectivity index (χ2v) is 5.33. The zero-order valence-electron chi connectivity index (χ0n) is 11.1. The Bertz CT molecular complexity index is 728. The lowest BCUT2D eigenvalue weighted by Crippen LogP contribution is -2.38. The SMILES string of the molecule is O=C(c1cc(Cl)cc(C(F)(F)F)c1)N1CCn2cnnc2C1. The highest BCUT2D eigenvalue weighted by atomic mass is 35.5. The van der Waals surface area contributed by atoms with Gasteiger partial charge in [-0.25, -0.2) is 0 Å².